The highest BCUT2D eigenvalue weighted by Gasteiger charge is 2.14. The SMILES string of the molecule is CCC[C@H](C)Oc1ncc(N(Cc2ccc(OC)cc2)Cc2ccc(OC)cc2)[nH]1. The van der Waals surface area contributed by atoms with Gasteiger partial charge in [0.25, 0.3) is 6.01 Å². The number of methoxy groups -OCH3 is 2. The van der Waals surface area contributed by atoms with Crippen molar-refractivity contribution >= 4 is 5.82 Å². The van der Waals surface area contributed by atoms with E-state index in [0.717, 1.165) is 43.2 Å². The molecule has 1 aromatic heterocycles. The molecule has 0 aliphatic carbocycles. The van der Waals surface area contributed by atoms with Gasteiger partial charge in [0.1, 0.15) is 17.3 Å². The largest absolute Gasteiger partial charge is 0.497 e. The summed E-state index contributed by atoms with van der Waals surface area (Å²) in [6.07, 6.45) is 4.04. The third kappa shape index (κ3) is 5.92. The number of nitrogens with one attached hydrogen (secondary N) is 1. The van der Waals surface area contributed by atoms with Crippen molar-refractivity contribution in [3.63, 3.8) is 0 Å². The molecule has 0 fully saturated rings. The Hall–Kier alpha value is -3.15. The maximum Gasteiger partial charge on any atom is 0.295 e. The van der Waals surface area contributed by atoms with E-state index in [4.69, 9.17) is 14.2 Å². The lowest BCUT2D eigenvalue weighted by molar-refractivity contribution is 0.194. The molecule has 2 aromatic carbocycles. The quantitative estimate of drug-likeness (QED) is 0.472. The standard InChI is InChI=1S/C24H31N3O3/c1-5-6-18(2)30-24-25-15-23(26-24)27(16-19-7-11-21(28-3)12-8-19)17-20-9-13-22(29-4)14-10-20/h7-15,18H,5-6,16-17H2,1-4H3,(H,25,26)/t18-/m0/s1. The molecule has 6 heteroatoms. The van der Waals surface area contributed by atoms with Crippen LogP contribution in [0, 0.1) is 0 Å². The van der Waals surface area contributed by atoms with Crippen LogP contribution in [0.2, 0.25) is 0 Å². The molecule has 0 amide bonds. The van der Waals surface area contributed by atoms with Gasteiger partial charge in [0.15, 0.2) is 0 Å². The minimum Gasteiger partial charge on any atom is -0.497 e. The van der Waals surface area contributed by atoms with Crippen molar-refractivity contribution in [2.45, 2.75) is 45.9 Å². The zero-order valence-corrected chi connectivity index (χ0v) is 18.2. The Kier molecular flexibility index (Phi) is 7.60. The first-order valence-electron chi connectivity index (χ1n) is 10.3. The number of ether oxygens (including phenoxy) is 3. The summed E-state index contributed by atoms with van der Waals surface area (Å²) in [5.74, 6) is 2.62. The van der Waals surface area contributed by atoms with E-state index in [-0.39, 0.29) is 6.10 Å². The molecular formula is C24H31N3O3. The first-order chi connectivity index (χ1) is 14.6. The molecule has 160 valence electrons. The molecule has 0 saturated heterocycles. The third-order valence-corrected chi connectivity index (χ3v) is 4.95. The van der Waals surface area contributed by atoms with Crippen LogP contribution in [-0.4, -0.2) is 30.3 Å². The Morgan fingerprint density at radius 2 is 1.43 bits per heavy atom. The first kappa shape index (κ1) is 21.6. The number of nitrogens with zero attached hydrogens (tertiary/aromatic N) is 2. The second-order valence-electron chi connectivity index (χ2n) is 7.34. The smallest absolute Gasteiger partial charge is 0.295 e. The third-order valence-electron chi connectivity index (χ3n) is 4.95. The van der Waals surface area contributed by atoms with Crippen LogP contribution < -0.4 is 19.1 Å². The van der Waals surface area contributed by atoms with Crippen LogP contribution in [0.15, 0.2) is 54.7 Å². The molecule has 0 saturated carbocycles. The van der Waals surface area contributed by atoms with Crippen molar-refractivity contribution in [1.29, 1.82) is 0 Å². The van der Waals surface area contributed by atoms with Crippen LogP contribution in [0.4, 0.5) is 5.82 Å². The Labute approximate surface area is 178 Å². The van der Waals surface area contributed by atoms with E-state index in [1.54, 1.807) is 14.2 Å². The van der Waals surface area contributed by atoms with E-state index in [1.807, 2.05) is 30.5 Å². The van der Waals surface area contributed by atoms with Crippen LogP contribution in [-0.2, 0) is 13.1 Å². The zero-order chi connectivity index (χ0) is 21.3. The van der Waals surface area contributed by atoms with E-state index in [9.17, 15) is 0 Å². The highest BCUT2D eigenvalue weighted by Crippen LogP contribution is 2.23. The zero-order valence-electron chi connectivity index (χ0n) is 18.2. The van der Waals surface area contributed by atoms with Crippen molar-refractivity contribution in [3.05, 3.63) is 65.9 Å². The number of rotatable bonds is 11. The monoisotopic (exact) mass is 409 g/mol. The number of benzene rings is 2. The minimum atomic E-state index is 0.130. The maximum atomic E-state index is 5.92. The van der Waals surface area contributed by atoms with Crippen LogP contribution in [0.3, 0.4) is 0 Å². The molecule has 0 aliphatic rings. The molecule has 1 heterocycles. The van der Waals surface area contributed by atoms with Gasteiger partial charge < -0.3 is 19.1 Å². The van der Waals surface area contributed by atoms with Gasteiger partial charge in [-0.1, -0.05) is 37.6 Å². The molecule has 3 aromatic rings. The second kappa shape index (κ2) is 10.6. The number of hydrogen-bond donors (Lipinski definition) is 1. The van der Waals surface area contributed by atoms with E-state index in [0.29, 0.717) is 6.01 Å². The number of anilines is 1. The van der Waals surface area contributed by atoms with Crippen LogP contribution in [0.5, 0.6) is 17.5 Å². The number of aromatic nitrogens is 2. The van der Waals surface area contributed by atoms with E-state index < -0.39 is 0 Å². The van der Waals surface area contributed by atoms with Gasteiger partial charge in [-0.05, 0) is 48.7 Å². The summed E-state index contributed by atoms with van der Waals surface area (Å²) in [4.78, 5) is 10.0. The molecule has 1 N–H and O–H groups in total. The Morgan fingerprint density at radius 3 is 1.90 bits per heavy atom. The number of hydrogen-bond acceptors (Lipinski definition) is 5. The summed E-state index contributed by atoms with van der Waals surface area (Å²) in [5.41, 5.74) is 2.36. The summed E-state index contributed by atoms with van der Waals surface area (Å²) < 4.78 is 16.5. The summed E-state index contributed by atoms with van der Waals surface area (Å²) in [7, 11) is 3.35. The van der Waals surface area contributed by atoms with Gasteiger partial charge >= 0.3 is 0 Å². The fourth-order valence-corrected chi connectivity index (χ4v) is 3.30. The lowest BCUT2D eigenvalue weighted by Crippen LogP contribution is -2.22. The molecule has 30 heavy (non-hydrogen) atoms. The number of aromatic amines is 1. The van der Waals surface area contributed by atoms with Gasteiger partial charge in [0, 0.05) is 13.1 Å². The van der Waals surface area contributed by atoms with Gasteiger partial charge in [-0.15, -0.1) is 0 Å². The molecule has 1 atom stereocenters. The van der Waals surface area contributed by atoms with Gasteiger partial charge in [-0.25, -0.2) is 4.98 Å². The van der Waals surface area contributed by atoms with Gasteiger partial charge in [0.2, 0.25) is 0 Å². The molecule has 0 radical (unpaired) electrons. The van der Waals surface area contributed by atoms with Gasteiger partial charge in [-0.3, -0.25) is 4.98 Å². The van der Waals surface area contributed by atoms with E-state index in [2.05, 4.69) is 53.0 Å². The van der Waals surface area contributed by atoms with E-state index in [1.165, 1.54) is 11.1 Å². The Morgan fingerprint density at radius 1 is 0.900 bits per heavy atom. The number of H-pyrrole nitrogens is 1. The fraction of sp³-hybridized carbons (Fsp3) is 0.375. The van der Waals surface area contributed by atoms with Crippen molar-refractivity contribution in [2.75, 3.05) is 19.1 Å². The first-order valence-corrected chi connectivity index (χ1v) is 10.3. The lowest BCUT2D eigenvalue weighted by Gasteiger charge is -2.23. The summed E-state index contributed by atoms with van der Waals surface area (Å²) in [6, 6.07) is 16.8. The molecular weight excluding hydrogens is 378 g/mol. The molecule has 6 nitrogen and oxygen atoms in total. The van der Waals surface area contributed by atoms with Crippen molar-refractivity contribution in [2.24, 2.45) is 0 Å². The molecule has 3 rings (SSSR count). The summed E-state index contributed by atoms with van der Waals surface area (Å²) in [5, 5.41) is 0. The molecule has 0 spiro atoms. The normalized spacial score (nSPS) is 11.7. The van der Waals surface area contributed by atoms with Crippen molar-refractivity contribution in [3.8, 4) is 17.5 Å². The molecule has 0 bridgehead atoms. The van der Waals surface area contributed by atoms with Crippen LogP contribution >= 0.6 is 0 Å². The Bertz CT molecular complexity index is 841. The fourth-order valence-electron chi connectivity index (χ4n) is 3.30. The highest BCUT2D eigenvalue weighted by atomic mass is 16.5. The Balaban J connectivity index is 1.79. The number of imidazole rings is 1. The molecule has 0 unspecified atom stereocenters. The maximum absolute atomic E-state index is 5.92. The predicted octanol–water partition coefficient (Wildman–Crippen LogP) is 5.20. The summed E-state index contributed by atoms with van der Waals surface area (Å²) >= 11 is 0. The topological polar surface area (TPSA) is 59.6 Å². The van der Waals surface area contributed by atoms with Crippen LogP contribution in [0.1, 0.15) is 37.8 Å². The average Bonchev–Trinajstić information content (AvgIpc) is 3.23. The van der Waals surface area contributed by atoms with E-state index >= 15 is 0 Å². The molecule has 0 aliphatic heterocycles. The van der Waals surface area contributed by atoms with Crippen molar-refractivity contribution in [1.82, 2.24) is 9.97 Å². The second-order valence-corrected chi connectivity index (χ2v) is 7.34. The lowest BCUT2D eigenvalue weighted by atomic mass is 10.1. The van der Waals surface area contributed by atoms with Crippen LogP contribution in [0.25, 0.3) is 0 Å². The van der Waals surface area contributed by atoms with Crippen molar-refractivity contribution < 1.29 is 14.2 Å². The summed E-state index contributed by atoms with van der Waals surface area (Å²) in [6.45, 7) is 5.67. The minimum absolute atomic E-state index is 0.130. The highest BCUT2D eigenvalue weighted by molar-refractivity contribution is 5.42. The van der Waals surface area contributed by atoms with Gasteiger partial charge in [-0.2, -0.15) is 0 Å². The predicted molar refractivity (Wildman–Crippen MR) is 119 cm³/mol. The van der Waals surface area contributed by atoms with Gasteiger partial charge in [0.05, 0.1) is 26.5 Å². The average molecular weight is 410 g/mol.